The molecule has 0 aromatic heterocycles. The summed E-state index contributed by atoms with van der Waals surface area (Å²) in [6.45, 7) is 1.23. The Balaban J connectivity index is 1.44. The van der Waals surface area contributed by atoms with Gasteiger partial charge in [0.05, 0.1) is 12.3 Å². The number of fused-ring (bicyclic) bond motifs is 1. The maximum absolute atomic E-state index is 13.1. The van der Waals surface area contributed by atoms with Gasteiger partial charge in [0.15, 0.2) is 0 Å². The number of benzene rings is 3. The van der Waals surface area contributed by atoms with E-state index in [1.807, 2.05) is 72.6 Å². The van der Waals surface area contributed by atoms with Gasteiger partial charge in [-0.2, -0.15) is 0 Å². The van der Waals surface area contributed by atoms with Gasteiger partial charge in [-0.25, -0.2) is 0 Å². The Morgan fingerprint density at radius 1 is 0.966 bits per heavy atom. The lowest BCUT2D eigenvalue weighted by Gasteiger charge is -2.34. The molecule has 1 fully saturated rings. The standard InChI is InChI=1S/C25H26N2O2/c1-26(23-14-13-20-10-5-6-11-21(20)17-23)25(29)22-12-7-15-27(18-22)24(28)16-19-8-3-2-4-9-19/h2-6,8-11,13-14,17,22H,7,12,15-16,18H2,1H3. The molecule has 0 saturated carbocycles. The van der Waals surface area contributed by atoms with Gasteiger partial charge in [-0.1, -0.05) is 60.7 Å². The molecule has 148 valence electrons. The average molecular weight is 386 g/mol. The number of nitrogens with zero attached hydrogens (tertiary/aromatic N) is 2. The smallest absolute Gasteiger partial charge is 0.231 e. The van der Waals surface area contributed by atoms with Crippen molar-refractivity contribution in [1.82, 2.24) is 4.90 Å². The van der Waals surface area contributed by atoms with Crippen LogP contribution in [0, 0.1) is 5.92 Å². The zero-order valence-corrected chi connectivity index (χ0v) is 16.8. The topological polar surface area (TPSA) is 40.6 Å². The first kappa shape index (κ1) is 19.2. The number of amides is 2. The highest BCUT2D eigenvalue weighted by atomic mass is 16.2. The van der Waals surface area contributed by atoms with Crippen molar-refractivity contribution in [2.24, 2.45) is 5.92 Å². The second-order valence-corrected chi connectivity index (χ2v) is 7.77. The molecular weight excluding hydrogens is 360 g/mol. The van der Waals surface area contributed by atoms with Gasteiger partial charge in [-0.3, -0.25) is 9.59 Å². The number of carbonyl (C=O) groups excluding carboxylic acids is 2. The zero-order chi connectivity index (χ0) is 20.2. The lowest BCUT2D eigenvalue weighted by molar-refractivity contribution is -0.134. The Morgan fingerprint density at radius 3 is 2.48 bits per heavy atom. The average Bonchev–Trinajstić information content (AvgIpc) is 2.78. The van der Waals surface area contributed by atoms with Crippen molar-refractivity contribution in [1.29, 1.82) is 0 Å². The Kier molecular flexibility index (Phi) is 5.61. The summed E-state index contributed by atoms with van der Waals surface area (Å²) >= 11 is 0. The van der Waals surface area contributed by atoms with E-state index in [1.54, 1.807) is 4.90 Å². The summed E-state index contributed by atoms with van der Waals surface area (Å²) in [5, 5.41) is 2.28. The fourth-order valence-corrected chi connectivity index (χ4v) is 4.07. The molecule has 1 aliphatic rings. The first-order chi connectivity index (χ1) is 14.1. The molecule has 0 radical (unpaired) electrons. The normalized spacial score (nSPS) is 16.6. The largest absolute Gasteiger partial charge is 0.342 e. The molecule has 1 saturated heterocycles. The van der Waals surface area contributed by atoms with Gasteiger partial charge in [0, 0.05) is 25.8 Å². The van der Waals surface area contributed by atoms with E-state index < -0.39 is 0 Å². The van der Waals surface area contributed by atoms with Crippen LogP contribution in [0.1, 0.15) is 18.4 Å². The maximum Gasteiger partial charge on any atom is 0.231 e. The molecular formula is C25H26N2O2. The van der Waals surface area contributed by atoms with E-state index in [-0.39, 0.29) is 17.7 Å². The fraction of sp³-hybridized carbons (Fsp3) is 0.280. The molecule has 2 amide bonds. The molecule has 0 N–H and O–H groups in total. The third-order valence-corrected chi connectivity index (χ3v) is 5.77. The first-order valence-corrected chi connectivity index (χ1v) is 10.2. The van der Waals surface area contributed by atoms with E-state index in [0.29, 0.717) is 13.0 Å². The Bertz CT molecular complexity index is 1020. The molecule has 1 aliphatic heterocycles. The molecule has 4 nitrogen and oxygen atoms in total. The molecule has 1 unspecified atom stereocenters. The van der Waals surface area contributed by atoms with Crippen LogP contribution in [0.3, 0.4) is 0 Å². The highest BCUT2D eigenvalue weighted by Crippen LogP contribution is 2.25. The Morgan fingerprint density at radius 2 is 1.69 bits per heavy atom. The number of rotatable bonds is 4. The SMILES string of the molecule is CN(C(=O)C1CCCN(C(=O)Cc2ccccc2)C1)c1ccc2ccccc2c1. The van der Waals surface area contributed by atoms with Gasteiger partial charge in [0.2, 0.25) is 11.8 Å². The van der Waals surface area contributed by atoms with E-state index in [1.165, 1.54) is 0 Å². The molecule has 4 rings (SSSR count). The monoisotopic (exact) mass is 386 g/mol. The number of piperidine rings is 1. The van der Waals surface area contributed by atoms with Crippen LogP contribution in [-0.2, 0) is 16.0 Å². The molecule has 1 heterocycles. The van der Waals surface area contributed by atoms with Crippen molar-refractivity contribution in [3.8, 4) is 0 Å². The minimum absolute atomic E-state index is 0.0810. The van der Waals surface area contributed by atoms with Gasteiger partial charge in [-0.15, -0.1) is 0 Å². The summed E-state index contributed by atoms with van der Waals surface area (Å²) in [7, 11) is 1.83. The van der Waals surface area contributed by atoms with Crippen LogP contribution >= 0.6 is 0 Å². The van der Waals surface area contributed by atoms with Gasteiger partial charge in [-0.05, 0) is 41.3 Å². The maximum atomic E-state index is 13.1. The quantitative estimate of drug-likeness (QED) is 0.671. The van der Waals surface area contributed by atoms with Crippen molar-refractivity contribution in [2.45, 2.75) is 19.3 Å². The molecule has 1 atom stereocenters. The molecule has 3 aromatic carbocycles. The van der Waals surface area contributed by atoms with Crippen LogP contribution < -0.4 is 4.90 Å². The van der Waals surface area contributed by atoms with Gasteiger partial charge >= 0.3 is 0 Å². The minimum Gasteiger partial charge on any atom is -0.342 e. The Hall–Kier alpha value is -3.14. The lowest BCUT2D eigenvalue weighted by Crippen LogP contribution is -2.46. The number of carbonyl (C=O) groups is 2. The molecule has 3 aromatic rings. The van der Waals surface area contributed by atoms with Gasteiger partial charge < -0.3 is 9.80 Å². The first-order valence-electron chi connectivity index (χ1n) is 10.2. The lowest BCUT2D eigenvalue weighted by atomic mass is 9.95. The van der Waals surface area contributed by atoms with Crippen molar-refractivity contribution >= 4 is 28.3 Å². The zero-order valence-electron chi connectivity index (χ0n) is 16.8. The van der Waals surface area contributed by atoms with Crippen LogP contribution in [-0.4, -0.2) is 36.9 Å². The number of hydrogen-bond acceptors (Lipinski definition) is 2. The second kappa shape index (κ2) is 8.48. The van der Waals surface area contributed by atoms with Crippen LogP contribution in [0.15, 0.2) is 72.8 Å². The van der Waals surface area contributed by atoms with Crippen molar-refractivity contribution in [3.63, 3.8) is 0 Å². The number of likely N-dealkylation sites (tertiary alicyclic amines) is 1. The van der Waals surface area contributed by atoms with E-state index in [2.05, 4.69) is 12.1 Å². The summed E-state index contributed by atoms with van der Waals surface area (Å²) in [4.78, 5) is 29.5. The molecule has 0 aliphatic carbocycles. The van der Waals surface area contributed by atoms with Crippen LogP contribution in [0.2, 0.25) is 0 Å². The molecule has 0 bridgehead atoms. The fourth-order valence-electron chi connectivity index (χ4n) is 4.07. The van der Waals surface area contributed by atoms with Gasteiger partial charge in [0.25, 0.3) is 0 Å². The van der Waals surface area contributed by atoms with Crippen LogP contribution in [0.25, 0.3) is 10.8 Å². The summed E-state index contributed by atoms with van der Waals surface area (Å²) in [6.07, 6.45) is 2.08. The summed E-state index contributed by atoms with van der Waals surface area (Å²) < 4.78 is 0. The van der Waals surface area contributed by atoms with Crippen molar-refractivity contribution in [3.05, 3.63) is 78.4 Å². The van der Waals surface area contributed by atoms with E-state index in [9.17, 15) is 9.59 Å². The van der Waals surface area contributed by atoms with Crippen LogP contribution in [0.5, 0.6) is 0 Å². The third kappa shape index (κ3) is 4.32. The summed E-state index contributed by atoms with van der Waals surface area (Å²) in [6, 6.07) is 24.0. The molecule has 29 heavy (non-hydrogen) atoms. The van der Waals surface area contributed by atoms with Crippen molar-refractivity contribution < 1.29 is 9.59 Å². The summed E-state index contributed by atoms with van der Waals surface area (Å²) in [5.74, 6) is 0.0273. The van der Waals surface area contributed by atoms with Crippen LogP contribution in [0.4, 0.5) is 5.69 Å². The minimum atomic E-state index is -0.153. The highest BCUT2D eigenvalue weighted by Gasteiger charge is 2.30. The summed E-state index contributed by atoms with van der Waals surface area (Å²) in [5.41, 5.74) is 1.90. The number of hydrogen-bond donors (Lipinski definition) is 0. The molecule has 4 heteroatoms. The van der Waals surface area contributed by atoms with E-state index >= 15 is 0 Å². The second-order valence-electron chi connectivity index (χ2n) is 7.77. The third-order valence-electron chi connectivity index (χ3n) is 5.77. The van der Waals surface area contributed by atoms with E-state index in [4.69, 9.17) is 0 Å². The van der Waals surface area contributed by atoms with Gasteiger partial charge in [0.1, 0.15) is 0 Å². The molecule has 0 spiro atoms. The number of anilines is 1. The van der Waals surface area contributed by atoms with Crippen molar-refractivity contribution in [2.75, 3.05) is 25.0 Å². The highest BCUT2D eigenvalue weighted by molar-refractivity contribution is 5.97. The predicted octanol–water partition coefficient (Wildman–Crippen LogP) is 4.28. The predicted molar refractivity (Wildman–Crippen MR) is 117 cm³/mol. The van der Waals surface area contributed by atoms with E-state index in [0.717, 1.165) is 41.4 Å². The Labute approximate surface area is 171 Å².